The van der Waals surface area contributed by atoms with Crippen molar-refractivity contribution in [3.05, 3.63) is 88.9 Å². The van der Waals surface area contributed by atoms with Crippen LogP contribution < -0.4 is 19.5 Å². The molecular weight excluding hydrogens is 492 g/mol. The fraction of sp³-hybridized carbons (Fsp3) is 0.310. The van der Waals surface area contributed by atoms with Crippen molar-refractivity contribution in [2.75, 3.05) is 20.8 Å². The number of carbonyl (C=O) groups is 2. The van der Waals surface area contributed by atoms with Crippen molar-refractivity contribution < 1.29 is 23.8 Å². The first-order valence-corrected chi connectivity index (χ1v) is 12.4. The van der Waals surface area contributed by atoms with Crippen LogP contribution in [0.1, 0.15) is 25.0 Å². The van der Waals surface area contributed by atoms with Gasteiger partial charge in [-0.1, -0.05) is 54.1 Å². The van der Waals surface area contributed by atoms with E-state index in [0.717, 1.165) is 11.1 Å². The molecule has 2 amide bonds. The molecule has 1 atom stereocenters. The zero-order chi connectivity index (χ0) is 26.8. The Hall–Kier alpha value is -3.71. The lowest BCUT2D eigenvalue weighted by atomic mass is 10.0. The number of halogens is 1. The predicted molar refractivity (Wildman–Crippen MR) is 144 cm³/mol. The maximum atomic E-state index is 13.7. The third kappa shape index (κ3) is 8.43. The number of carbonyl (C=O) groups excluding carboxylic acids is 2. The molecule has 0 aromatic heterocycles. The third-order valence-corrected chi connectivity index (χ3v) is 5.91. The van der Waals surface area contributed by atoms with E-state index in [4.69, 9.17) is 25.8 Å². The van der Waals surface area contributed by atoms with E-state index in [1.807, 2.05) is 56.3 Å². The van der Waals surface area contributed by atoms with Gasteiger partial charge in [0, 0.05) is 42.2 Å². The summed E-state index contributed by atoms with van der Waals surface area (Å²) in [5.74, 6) is 0.930. The Bertz CT molecular complexity index is 1150. The molecule has 0 saturated carbocycles. The highest BCUT2D eigenvalue weighted by Crippen LogP contribution is 2.27. The Morgan fingerprint density at radius 1 is 0.865 bits per heavy atom. The van der Waals surface area contributed by atoms with Crippen molar-refractivity contribution >= 4 is 23.4 Å². The Labute approximate surface area is 223 Å². The van der Waals surface area contributed by atoms with Gasteiger partial charge in [-0.15, -0.1) is 0 Å². The minimum absolute atomic E-state index is 0.0845. The summed E-state index contributed by atoms with van der Waals surface area (Å²) in [5.41, 5.74) is 1.79. The number of hydrogen-bond donors (Lipinski definition) is 1. The molecule has 8 heteroatoms. The Morgan fingerprint density at radius 2 is 1.46 bits per heavy atom. The second kappa shape index (κ2) is 13.6. The summed E-state index contributed by atoms with van der Waals surface area (Å²) in [5, 5.41) is 3.56. The minimum Gasteiger partial charge on any atom is -0.496 e. The van der Waals surface area contributed by atoms with Gasteiger partial charge >= 0.3 is 0 Å². The van der Waals surface area contributed by atoms with Crippen LogP contribution in [-0.4, -0.2) is 49.6 Å². The van der Waals surface area contributed by atoms with Crippen molar-refractivity contribution in [1.82, 2.24) is 10.2 Å². The zero-order valence-corrected chi connectivity index (χ0v) is 22.3. The summed E-state index contributed by atoms with van der Waals surface area (Å²) < 4.78 is 16.4. The summed E-state index contributed by atoms with van der Waals surface area (Å²) in [6, 6.07) is 21.1. The van der Waals surface area contributed by atoms with Gasteiger partial charge in [0.05, 0.1) is 14.2 Å². The molecular formula is C29H33ClN2O5. The third-order valence-electron chi connectivity index (χ3n) is 5.66. The lowest BCUT2D eigenvalue weighted by Crippen LogP contribution is -2.52. The zero-order valence-electron chi connectivity index (χ0n) is 21.6. The molecule has 37 heavy (non-hydrogen) atoms. The molecule has 0 radical (unpaired) electrons. The molecule has 0 heterocycles. The van der Waals surface area contributed by atoms with Gasteiger partial charge in [0.25, 0.3) is 5.91 Å². The van der Waals surface area contributed by atoms with Crippen molar-refractivity contribution in [2.24, 2.45) is 0 Å². The summed E-state index contributed by atoms with van der Waals surface area (Å²) in [7, 11) is 3.08. The van der Waals surface area contributed by atoms with Crippen molar-refractivity contribution in [2.45, 2.75) is 38.9 Å². The molecule has 7 nitrogen and oxygen atoms in total. The van der Waals surface area contributed by atoms with E-state index >= 15 is 0 Å². The number of benzene rings is 3. The maximum Gasteiger partial charge on any atom is 0.261 e. The van der Waals surface area contributed by atoms with Gasteiger partial charge in [0.15, 0.2) is 6.61 Å². The molecule has 0 aliphatic heterocycles. The standard InChI is InChI=1S/C29H33ClN2O5/c1-20(2)31-29(34)27(14-21-8-6-5-7-9-21)32(18-22-10-12-23(30)13-11-22)28(33)19-37-26-16-24(35-3)15-25(17-26)36-4/h5-13,15-17,20,27H,14,18-19H2,1-4H3,(H,31,34)/t27-/m1/s1. The second-order valence-electron chi connectivity index (χ2n) is 8.85. The van der Waals surface area contributed by atoms with Gasteiger partial charge in [-0.25, -0.2) is 0 Å². The molecule has 0 unspecified atom stereocenters. The van der Waals surface area contributed by atoms with Crippen molar-refractivity contribution in [3.8, 4) is 17.2 Å². The number of rotatable bonds is 12. The Morgan fingerprint density at radius 3 is 2.03 bits per heavy atom. The van der Waals surface area contributed by atoms with Crippen molar-refractivity contribution in [3.63, 3.8) is 0 Å². The van der Waals surface area contributed by atoms with Crippen LogP contribution in [0.5, 0.6) is 17.2 Å². The van der Waals surface area contributed by atoms with E-state index in [2.05, 4.69) is 5.32 Å². The first-order chi connectivity index (χ1) is 17.8. The van der Waals surface area contributed by atoms with Crippen LogP contribution in [0.4, 0.5) is 0 Å². The van der Waals surface area contributed by atoms with Crippen LogP contribution in [0, 0.1) is 0 Å². The number of hydrogen-bond acceptors (Lipinski definition) is 5. The van der Waals surface area contributed by atoms with E-state index in [1.54, 1.807) is 49.5 Å². The van der Waals surface area contributed by atoms with Crippen LogP contribution in [0.2, 0.25) is 5.02 Å². The van der Waals surface area contributed by atoms with E-state index in [9.17, 15) is 9.59 Å². The number of ether oxygens (including phenoxy) is 3. The van der Waals surface area contributed by atoms with Gasteiger partial charge in [0.1, 0.15) is 23.3 Å². The van der Waals surface area contributed by atoms with E-state index in [0.29, 0.717) is 28.7 Å². The van der Waals surface area contributed by atoms with Crippen LogP contribution in [0.25, 0.3) is 0 Å². The minimum atomic E-state index is -0.753. The highest BCUT2D eigenvalue weighted by atomic mass is 35.5. The smallest absolute Gasteiger partial charge is 0.261 e. The van der Waals surface area contributed by atoms with E-state index in [1.165, 1.54) is 0 Å². The van der Waals surface area contributed by atoms with Crippen LogP contribution in [0.3, 0.4) is 0 Å². The summed E-state index contributed by atoms with van der Waals surface area (Å²) >= 11 is 6.07. The molecule has 3 rings (SSSR count). The Kier molecular flexibility index (Phi) is 10.2. The molecule has 0 spiro atoms. The fourth-order valence-corrected chi connectivity index (χ4v) is 3.94. The highest BCUT2D eigenvalue weighted by Gasteiger charge is 2.31. The largest absolute Gasteiger partial charge is 0.496 e. The SMILES string of the molecule is COc1cc(OC)cc(OCC(=O)N(Cc2ccc(Cl)cc2)[C@H](Cc2ccccc2)C(=O)NC(C)C)c1. The van der Waals surface area contributed by atoms with Gasteiger partial charge in [-0.05, 0) is 37.1 Å². The molecule has 1 N–H and O–H groups in total. The molecule has 196 valence electrons. The number of methoxy groups -OCH3 is 2. The lowest BCUT2D eigenvalue weighted by molar-refractivity contribution is -0.143. The number of nitrogens with zero attached hydrogens (tertiary/aromatic N) is 1. The second-order valence-corrected chi connectivity index (χ2v) is 9.29. The molecule has 0 fully saturated rings. The predicted octanol–water partition coefficient (Wildman–Crippen LogP) is 4.90. The molecule has 0 aliphatic rings. The molecule has 0 saturated heterocycles. The lowest BCUT2D eigenvalue weighted by Gasteiger charge is -2.32. The Balaban J connectivity index is 1.91. The van der Waals surface area contributed by atoms with Gasteiger partial charge in [0.2, 0.25) is 5.91 Å². The molecule has 3 aromatic carbocycles. The number of nitrogens with one attached hydrogen (secondary N) is 1. The van der Waals surface area contributed by atoms with Crippen LogP contribution >= 0.6 is 11.6 Å². The average Bonchev–Trinajstić information content (AvgIpc) is 2.90. The van der Waals surface area contributed by atoms with Crippen molar-refractivity contribution in [1.29, 1.82) is 0 Å². The summed E-state index contributed by atoms with van der Waals surface area (Å²) in [6.45, 7) is 3.72. The maximum absolute atomic E-state index is 13.7. The quantitative estimate of drug-likeness (QED) is 0.364. The highest BCUT2D eigenvalue weighted by molar-refractivity contribution is 6.30. The first kappa shape index (κ1) is 27.9. The molecule has 3 aromatic rings. The number of amides is 2. The molecule has 0 bridgehead atoms. The van der Waals surface area contributed by atoms with Gasteiger partial charge in [-0.3, -0.25) is 9.59 Å². The molecule has 0 aliphatic carbocycles. The summed E-state index contributed by atoms with van der Waals surface area (Å²) in [6.07, 6.45) is 0.353. The van der Waals surface area contributed by atoms with Crippen LogP contribution in [-0.2, 0) is 22.6 Å². The normalized spacial score (nSPS) is 11.5. The van der Waals surface area contributed by atoms with Crippen LogP contribution in [0.15, 0.2) is 72.8 Å². The van der Waals surface area contributed by atoms with E-state index < -0.39 is 6.04 Å². The fourth-order valence-electron chi connectivity index (χ4n) is 3.81. The topological polar surface area (TPSA) is 77.1 Å². The van der Waals surface area contributed by atoms with Gasteiger partial charge in [-0.2, -0.15) is 0 Å². The van der Waals surface area contributed by atoms with E-state index in [-0.39, 0.29) is 31.0 Å². The first-order valence-electron chi connectivity index (χ1n) is 12.0. The average molecular weight is 525 g/mol. The monoisotopic (exact) mass is 524 g/mol. The summed E-state index contributed by atoms with van der Waals surface area (Å²) in [4.78, 5) is 28.6. The van der Waals surface area contributed by atoms with Gasteiger partial charge < -0.3 is 24.4 Å².